The van der Waals surface area contributed by atoms with Crippen molar-refractivity contribution >= 4 is 29.0 Å². The number of benzene rings is 1. The van der Waals surface area contributed by atoms with Gasteiger partial charge in [-0.15, -0.1) is 11.3 Å². The zero-order valence-electron chi connectivity index (χ0n) is 13.0. The van der Waals surface area contributed by atoms with Gasteiger partial charge in [-0.1, -0.05) is 0 Å². The second-order valence-corrected chi connectivity index (χ2v) is 6.89. The van der Waals surface area contributed by atoms with Gasteiger partial charge < -0.3 is 9.80 Å². The lowest BCUT2D eigenvalue weighted by molar-refractivity contribution is -0.126. The zero-order valence-corrected chi connectivity index (χ0v) is 13.9. The maximum atomic E-state index is 13.0. The van der Waals surface area contributed by atoms with E-state index in [0.29, 0.717) is 13.1 Å². The number of thiophene rings is 1. The van der Waals surface area contributed by atoms with Gasteiger partial charge in [0.05, 0.1) is 0 Å². The van der Waals surface area contributed by atoms with Gasteiger partial charge in [0.1, 0.15) is 5.82 Å². The van der Waals surface area contributed by atoms with Crippen LogP contribution >= 0.6 is 11.3 Å². The molecule has 0 bridgehead atoms. The summed E-state index contributed by atoms with van der Waals surface area (Å²) < 4.78 is 13.0. The summed E-state index contributed by atoms with van der Waals surface area (Å²) in [4.78, 5) is 18.6. The Labute approximate surface area is 139 Å². The minimum absolute atomic E-state index is 0.0507. The molecule has 1 saturated heterocycles. The second kappa shape index (κ2) is 6.96. The predicted molar refractivity (Wildman–Crippen MR) is 93.3 cm³/mol. The van der Waals surface area contributed by atoms with E-state index in [-0.39, 0.29) is 11.7 Å². The largest absolute Gasteiger partial charge is 0.368 e. The first-order valence-electron chi connectivity index (χ1n) is 7.66. The summed E-state index contributed by atoms with van der Waals surface area (Å²) >= 11 is 1.68. The van der Waals surface area contributed by atoms with Crippen molar-refractivity contribution in [3.05, 3.63) is 58.0 Å². The van der Waals surface area contributed by atoms with Crippen LogP contribution in [-0.4, -0.2) is 37.0 Å². The highest BCUT2D eigenvalue weighted by Gasteiger charge is 2.19. The summed E-state index contributed by atoms with van der Waals surface area (Å²) in [6, 6.07) is 10.6. The number of carbonyl (C=O) groups is 1. The summed E-state index contributed by atoms with van der Waals surface area (Å²) in [7, 11) is 0. The van der Waals surface area contributed by atoms with Gasteiger partial charge in [0.25, 0.3) is 0 Å². The first-order chi connectivity index (χ1) is 11.1. The van der Waals surface area contributed by atoms with E-state index < -0.39 is 0 Å². The van der Waals surface area contributed by atoms with E-state index in [1.807, 2.05) is 17.0 Å². The first-order valence-corrected chi connectivity index (χ1v) is 8.47. The molecule has 0 spiro atoms. The van der Waals surface area contributed by atoms with Crippen LogP contribution in [0.15, 0.2) is 42.5 Å². The van der Waals surface area contributed by atoms with E-state index in [1.165, 1.54) is 17.0 Å². The molecular formula is C18H19FN2OS. The number of anilines is 1. The lowest BCUT2D eigenvalue weighted by atomic mass is 10.2. The van der Waals surface area contributed by atoms with Crippen molar-refractivity contribution in [1.29, 1.82) is 0 Å². The summed E-state index contributed by atoms with van der Waals surface area (Å²) in [5, 5.41) is 0. The molecule has 3 nitrogen and oxygen atoms in total. The Balaban J connectivity index is 1.55. The maximum absolute atomic E-state index is 13.0. The number of halogens is 1. The van der Waals surface area contributed by atoms with Gasteiger partial charge >= 0.3 is 0 Å². The molecule has 0 unspecified atom stereocenters. The van der Waals surface area contributed by atoms with E-state index in [1.54, 1.807) is 29.5 Å². The molecule has 1 fully saturated rings. The third kappa shape index (κ3) is 3.99. The molecule has 0 radical (unpaired) electrons. The van der Waals surface area contributed by atoms with Gasteiger partial charge in [-0.05, 0) is 49.4 Å². The SMILES string of the molecule is Cc1ccc(/C=C/C(=O)N2CCN(c3ccc(F)cc3)CC2)s1. The van der Waals surface area contributed by atoms with E-state index >= 15 is 0 Å². The van der Waals surface area contributed by atoms with Crippen LogP contribution in [-0.2, 0) is 4.79 Å². The molecule has 0 atom stereocenters. The number of amides is 1. The fourth-order valence-corrected chi connectivity index (χ4v) is 3.42. The molecule has 1 amide bonds. The van der Waals surface area contributed by atoms with Crippen LogP contribution < -0.4 is 4.90 Å². The van der Waals surface area contributed by atoms with Gasteiger partial charge in [-0.3, -0.25) is 4.79 Å². The molecule has 1 aromatic carbocycles. The van der Waals surface area contributed by atoms with Gasteiger partial charge in [-0.25, -0.2) is 4.39 Å². The number of nitrogens with zero attached hydrogens (tertiary/aromatic N) is 2. The number of hydrogen-bond acceptors (Lipinski definition) is 3. The van der Waals surface area contributed by atoms with Gasteiger partial charge in [-0.2, -0.15) is 0 Å². The Morgan fingerprint density at radius 2 is 1.78 bits per heavy atom. The van der Waals surface area contributed by atoms with Crippen molar-refractivity contribution in [3.63, 3.8) is 0 Å². The molecule has 1 aliphatic heterocycles. The van der Waals surface area contributed by atoms with E-state index in [9.17, 15) is 9.18 Å². The molecule has 5 heteroatoms. The van der Waals surface area contributed by atoms with Crippen molar-refractivity contribution in [1.82, 2.24) is 4.90 Å². The summed E-state index contributed by atoms with van der Waals surface area (Å²) in [5.41, 5.74) is 1.00. The molecule has 0 N–H and O–H groups in total. The quantitative estimate of drug-likeness (QED) is 0.804. The Morgan fingerprint density at radius 3 is 2.39 bits per heavy atom. The normalized spacial score (nSPS) is 15.4. The zero-order chi connectivity index (χ0) is 16.2. The number of piperazine rings is 1. The Hall–Kier alpha value is -2.14. The molecule has 1 aliphatic rings. The monoisotopic (exact) mass is 330 g/mol. The Morgan fingerprint density at radius 1 is 1.09 bits per heavy atom. The minimum atomic E-state index is -0.225. The van der Waals surface area contributed by atoms with Gasteiger partial charge in [0, 0.05) is 47.7 Å². The second-order valence-electron chi connectivity index (χ2n) is 5.57. The average Bonchev–Trinajstić information content (AvgIpc) is 2.99. The van der Waals surface area contributed by atoms with Crippen LogP contribution in [0.1, 0.15) is 9.75 Å². The number of hydrogen-bond donors (Lipinski definition) is 0. The summed E-state index contributed by atoms with van der Waals surface area (Å²) in [6.07, 6.45) is 3.53. The van der Waals surface area contributed by atoms with Crippen molar-refractivity contribution in [2.24, 2.45) is 0 Å². The number of carbonyl (C=O) groups excluding carboxylic acids is 1. The van der Waals surface area contributed by atoms with Crippen LogP contribution in [0.4, 0.5) is 10.1 Å². The minimum Gasteiger partial charge on any atom is -0.368 e. The van der Waals surface area contributed by atoms with Crippen molar-refractivity contribution < 1.29 is 9.18 Å². The Kier molecular flexibility index (Phi) is 4.76. The van der Waals surface area contributed by atoms with E-state index in [0.717, 1.165) is 23.7 Å². The molecule has 2 aromatic rings. The lowest BCUT2D eigenvalue weighted by Gasteiger charge is -2.35. The van der Waals surface area contributed by atoms with Crippen LogP contribution in [0.2, 0.25) is 0 Å². The highest BCUT2D eigenvalue weighted by Crippen LogP contribution is 2.18. The highest BCUT2D eigenvalue weighted by molar-refractivity contribution is 7.12. The van der Waals surface area contributed by atoms with Gasteiger partial charge in [0.15, 0.2) is 0 Å². The predicted octanol–water partition coefficient (Wildman–Crippen LogP) is 3.56. The van der Waals surface area contributed by atoms with E-state index in [4.69, 9.17) is 0 Å². The molecule has 1 aromatic heterocycles. The molecule has 23 heavy (non-hydrogen) atoms. The van der Waals surface area contributed by atoms with Crippen molar-refractivity contribution in [3.8, 4) is 0 Å². The lowest BCUT2D eigenvalue weighted by Crippen LogP contribution is -2.48. The van der Waals surface area contributed by atoms with Crippen LogP contribution in [0, 0.1) is 12.7 Å². The third-order valence-corrected chi connectivity index (χ3v) is 4.90. The van der Waals surface area contributed by atoms with Crippen LogP contribution in [0.5, 0.6) is 0 Å². The standard InChI is InChI=1S/C18H19FN2OS/c1-14-2-7-17(23-14)8-9-18(22)21-12-10-20(11-13-21)16-5-3-15(19)4-6-16/h2-9H,10-13H2,1H3/b9-8+. The van der Waals surface area contributed by atoms with Gasteiger partial charge in [0.2, 0.25) is 5.91 Å². The first kappa shape index (κ1) is 15.7. The highest BCUT2D eigenvalue weighted by atomic mass is 32.1. The molecule has 3 rings (SSSR count). The summed E-state index contributed by atoms with van der Waals surface area (Å²) in [5.74, 6) is -0.175. The van der Waals surface area contributed by atoms with E-state index in [2.05, 4.69) is 17.9 Å². The molecule has 2 heterocycles. The molecule has 120 valence electrons. The Bertz CT molecular complexity index is 700. The van der Waals surface area contributed by atoms with Crippen molar-refractivity contribution in [2.75, 3.05) is 31.1 Å². The molecule has 0 aliphatic carbocycles. The number of rotatable bonds is 3. The third-order valence-electron chi connectivity index (χ3n) is 3.93. The van der Waals surface area contributed by atoms with Crippen LogP contribution in [0.3, 0.4) is 0 Å². The molecule has 0 saturated carbocycles. The number of aryl methyl sites for hydroxylation is 1. The average molecular weight is 330 g/mol. The molecular weight excluding hydrogens is 311 g/mol. The fraction of sp³-hybridized carbons (Fsp3) is 0.278. The maximum Gasteiger partial charge on any atom is 0.246 e. The van der Waals surface area contributed by atoms with Crippen LogP contribution in [0.25, 0.3) is 6.08 Å². The fourth-order valence-electron chi connectivity index (χ4n) is 2.64. The van der Waals surface area contributed by atoms with Crippen molar-refractivity contribution in [2.45, 2.75) is 6.92 Å². The summed E-state index contributed by atoms with van der Waals surface area (Å²) in [6.45, 7) is 4.96. The topological polar surface area (TPSA) is 23.6 Å². The smallest absolute Gasteiger partial charge is 0.246 e.